The molecule has 3 aliphatic rings. The van der Waals surface area contributed by atoms with Crippen molar-refractivity contribution in [3.8, 4) is 0 Å². The summed E-state index contributed by atoms with van der Waals surface area (Å²) in [4.78, 5) is 35.9. The SMILES string of the molecule is COC(=O)N1C[C@H]2CC[C@@H]1CN(C(=O)c1cnccn1)C2. The number of methoxy groups -OCH3 is 1. The number of rotatable bonds is 1. The predicted molar refractivity (Wildman–Crippen MR) is 73.6 cm³/mol. The first-order chi connectivity index (χ1) is 10.2. The van der Waals surface area contributed by atoms with Crippen LogP contribution in [0.3, 0.4) is 0 Å². The molecular formula is C14H18N4O3. The Hall–Kier alpha value is -2.18. The van der Waals surface area contributed by atoms with Crippen molar-refractivity contribution in [3.63, 3.8) is 0 Å². The van der Waals surface area contributed by atoms with Gasteiger partial charge in [0.25, 0.3) is 5.91 Å². The average molecular weight is 290 g/mol. The molecule has 0 unspecified atom stereocenters. The molecule has 112 valence electrons. The Kier molecular flexibility index (Phi) is 3.72. The third-order valence-corrected chi connectivity index (χ3v) is 4.19. The fourth-order valence-electron chi connectivity index (χ4n) is 3.16. The number of nitrogens with zero attached hydrogens (tertiary/aromatic N) is 4. The molecule has 21 heavy (non-hydrogen) atoms. The highest BCUT2D eigenvalue weighted by molar-refractivity contribution is 5.92. The molecule has 3 aliphatic heterocycles. The number of hydrogen-bond acceptors (Lipinski definition) is 5. The standard InChI is InChI=1S/C14H18N4O3/c1-21-14(20)18-8-10-2-3-11(18)9-17(7-10)13(19)12-6-15-4-5-16-12/h4-6,10-11H,2-3,7-9H2,1H3/t10-,11+/m0/s1. The molecule has 4 rings (SSSR count). The van der Waals surface area contributed by atoms with Crippen molar-refractivity contribution in [2.45, 2.75) is 18.9 Å². The summed E-state index contributed by atoms with van der Waals surface area (Å²) >= 11 is 0. The molecule has 0 aromatic carbocycles. The fourth-order valence-corrected chi connectivity index (χ4v) is 3.16. The van der Waals surface area contributed by atoms with Crippen molar-refractivity contribution in [1.82, 2.24) is 19.8 Å². The lowest BCUT2D eigenvalue weighted by atomic mass is 9.95. The molecule has 4 heterocycles. The second-order valence-electron chi connectivity index (χ2n) is 5.52. The first-order valence-corrected chi connectivity index (χ1v) is 7.09. The van der Waals surface area contributed by atoms with Crippen LogP contribution in [0.25, 0.3) is 0 Å². The fraction of sp³-hybridized carbons (Fsp3) is 0.571. The number of amides is 2. The molecular weight excluding hydrogens is 272 g/mol. The maximum absolute atomic E-state index is 12.5. The van der Waals surface area contributed by atoms with Gasteiger partial charge in [-0.3, -0.25) is 9.78 Å². The third-order valence-electron chi connectivity index (χ3n) is 4.19. The van der Waals surface area contributed by atoms with E-state index in [1.54, 1.807) is 16.0 Å². The zero-order valence-electron chi connectivity index (χ0n) is 11.9. The lowest BCUT2D eigenvalue weighted by Gasteiger charge is -2.34. The van der Waals surface area contributed by atoms with E-state index in [-0.39, 0.29) is 18.0 Å². The van der Waals surface area contributed by atoms with Crippen LogP contribution in [0.1, 0.15) is 23.3 Å². The molecule has 1 aromatic heterocycles. The number of ether oxygens (including phenoxy) is 1. The van der Waals surface area contributed by atoms with E-state index in [1.807, 2.05) is 0 Å². The van der Waals surface area contributed by atoms with Gasteiger partial charge in [0.1, 0.15) is 5.69 Å². The van der Waals surface area contributed by atoms with E-state index in [9.17, 15) is 9.59 Å². The summed E-state index contributed by atoms with van der Waals surface area (Å²) in [5, 5.41) is 0. The zero-order chi connectivity index (χ0) is 14.8. The minimum absolute atomic E-state index is 0.0248. The smallest absolute Gasteiger partial charge is 0.409 e. The van der Waals surface area contributed by atoms with Gasteiger partial charge in [0, 0.05) is 32.0 Å². The van der Waals surface area contributed by atoms with Crippen LogP contribution in [0, 0.1) is 5.92 Å². The Morgan fingerprint density at radius 3 is 2.81 bits per heavy atom. The van der Waals surface area contributed by atoms with Crippen molar-refractivity contribution in [2.24, 2.45) is 5.92 Å². The number of hydrogen-bond donors (Lipinski definition) is 0. The van der Waals surface area contributed by atoms with Crippen molar-refractivity contribution in [3.05, 3.63) is 24.3 Å². The van der Waals surface area contributed by atoms with Gasteiger partial charge in [-0.2, -0.15) is 0 Å². The van der Waals surface area contributed by atoms with E-state index in [2.05, 4.69) is 9.97 Å². The summed E-state index contributed by atoms with van der Waals surface area (Å²) in [6, 6.07) is 0.0248. The maximum atomic E-state index is 12.5. The number of aromatic nitrogens is 2. The van der Waals surface area contributed by atoms with Crippen LogP contribution in [0.2, 0.25) is 0 Å². The van der Waals surface area contributed by atoms with Crippen LogP contribution in [0.5, 0.6) is 0 Å². The lowest BCUT2D eigenvalue weighted by molar-refractivity contribution is 0.0709. The van der Waals surface area contributed by atoms with Gasteiger partial charge in [0.15, 0.2) is 0 Å². The third kappa shape index (κ3) is 2.68. The molecule has 0 aliphatic carbocycles. The van der Waals surface area contributed by atoms with E-state index < -0.39 is 0 Å². The number of fused-ring (bicyclic) bond motifs is 4. The minimum atomic E-state index is -0.307. The minimum Gasteiger partial charge on any atom is -0.453 e. The summed E-state index contributed by atoms with van der Waals surface area (Å²) in [6.45, 7) is 1.84. The molecule has 2 atom stereocenters. The monoisotopic (exact) mass is 290 g/mol. The van der Waals surface area contributed by atoms with E-state index in [0.717, 1.165) is 12.8 Å². The molecule has 1 aromatic rings. The highest BCUT2D eigenvalue weighted by Crippen LogP contribution is 2.28. The highest BCUT2D eigenvalue weighted by Gasteiger charge is 2.39. The number of carbonyl (C=O) groups is 2. The van der Waals surface area contributed by atoms with Crippen LogP contribution in [0.4, 0.5) is 4.79 Å². The van der Waals surface area contributed by atoms with E-state index >= 15 is 0 Å². The maximum Gasteiger partial charge on any atom is 0.409 e. The van der Waals surface area contributed by atoms with Gasteiger partial charge in [-0.25, -0.2) is 9.78 Å². The van der Waals surface area contributed by atoms with Gasteiger partial charge in [-0.15, -0.1) is 0 Å². The van der Waals surface area contributed by atoms with Crippen molar-refractivity contribution >= 4 is 12.0 Å². The van der Waals surface area contributed by atoms with E-state index in [0.29, 0.717) is 31.2 Å². The van der Waals surface area contributed by atoms with Crippen LogP contribution in [-0.4, -0.2) is 64.6 Å². The topological polar surface area (TPSA) is 75.6 Å². The van der Waals surface area contributed by atoms with Crippen molar-refractivity contribution < 1.29 is 14.3 Å². The Morgan fingerprint density at radius 2 is 2.10 bits per heavy atom. The summed E-state index contributed by atoms with van der Waals surface area (Å²) < 4.78 is 4.84. The van der Waals surface area contributed by atoms with Crippen LogP contribution in [-0.2, 0) is 4.74 Å². The first-order valence-electron chi connectivity index (χ1n) is 7.09. The molecule has 0 saturated carbocycles. The average Bonchev–Trinajstić information content (AvgIpc) is 2.86. The Bertz CT molecular complexity index is 536. The van der Waals surface area contributed by atoms with Crippen LogP contribution in [0.15, 0.2) is 18.6 Å². The zero-order valence-corrected chi connectivity index (χ0v) is 11.9. The number of carbonyl (C=O) groups excluding carboxylic acids is 2. The largest absolute Gasteiger partial charge is 0.453 e. The molecule has 0 N–H and O–H groups in total. The van der Waals surface area contributed by atoms with E-state index in [1.165, 1.54) is 19.5 Å². The lowest BCUT2D eigenvalue weighted by Crippen LogP contribution is -2.47. The molecule has 3 saturated heterocycles. The molecule has 0 radical (unpaired) electrons. The Morgan fingerprint density at radius 1 is 1.24 bits per heavy atom. The van der Waals surface area contributed by atoms with Gasteiger partial charge in [-0.05, 0) is 18.8 Å². The highest BCUT2D eigenvalue weighted by atomic mass is 16.5. The second kappa shape index (κ2) is 5.67. The predicted octanol–water partition coefficient (Wildman–Crippen LogP) is 0.779. The molecule has 2 bridgehead atoms. The van der Waals surface area contributed by atoms with E-state index in [4.69, 9.17) is 4.74 Å². The summed E-state index contributed by atoms with van der Waals surface area (Å²) in [6.07, 6.45) is 6.17. The van der Waals surface area contributed by atoms with Gasteiger partial charge < -0.3 is 14.5 Å². The molecule has 3 fully saturated rings. The van der Waals surface area contributed by atoms with Crippen LogP contribution >= 0.6 is 0 Å². The van der Waals surface area contributed by atoms with Crippen molar-refractivity contribution in [2.75, 3.05) is 26.7 Å². The summed E-state index contributed by atoms with van der Waals surface area (Å²) in [5.74, 6) is 0.176. The summed E-state index contributed by atoms with van der Waals surface area (Å²) in [7, 11) is 1.39. The molecule has 7 nitrogen and oxygen atoms in total. The Balaban J connectivity index is 1.78. The second-order valence-corrected chi connectivity index (χ2v) is 5.52. The normalized spacial score (nSPS) is 24.6. The quantitative estimate of drug-likeness (QED) is 0.764. The molecule has 7 heteroatoms. The molecule has 0 spiro atoms. The van der Waals surface area contributed by atoms with Gasteiger partial charge in [0.2, 0.25) is 0 Å². The molecule has 2 amide bonds. The summed E-state index contributed by atoms with van der Waals surface area (Å²) in [5.41, 5.74) is 0.350. The van der Waals surface area contributed by atoms with Gasteiger partial charge >= 0.3 is 6.09 Å². The Labute approximate surface area is 122 Å². The van der Waals surface area contributed by atoms with Gasteiger partial charge in [0.05, 0.1) is 19.3 Å². The number of piperidine rings is 1. The van der Waals surface area contributed by atoms with Gasteiger partial charge in [-0.1, -0.05) is 0 Å². The first kappa shape index (κ1) is 13.8. The van der Waals surface area contributed by atoms with Crippen LogP contribution < -0.4 is 0 Å². The van der Waals surface area contributed by atoms with Crippen molar-refractivity contribution in [1.29, 1.82) is 0 Å².